The maximum atomic E-state index is 11.4. The maximum Gasteiger partial charge on any atom is 0.327 e. The van der Waals surface area contributed by atoms with Crippen molar-refractivity contribution in [3.05, 3.63) is 58.7 Å². The van der Waals surface area contributed by atoms with E-state index in [0.717, 1.165) is 11.4 Å². The fraction of sp³-hybridized carbons (Fsp3) is 0.455. The molecule has 150 valence electrons. The molecule has 0 aromatic carbocycles. The molecule has 1 saturated carbocycles. The van der Waals surface area contributed by atoms with Crippen LogP contribution in [0.2, 0.25) is 0 Å². The number of allylic oxidation sites excluding steroid dienone is 7. The van der Waals surface area contributed by atoms with Crippen LogP contribution in [0.15, 0.2) is 58.7 Å². The van der Waals surface area contributed by atoms with Crippen molar-refractivity contribution in [2.45, 2.75) is 39.3 Å². The van der Waals surface area contributed by atoms with Gasteiger partial charge in [-0.2, -0.15) is 0 Å². The number of amides is 1. The van der Waals surface area contributed by atoms with E-state index in [-0.39, 0.29) is 5.91 Å². The zero-order valence-corrected chi connectivity index (χ0v) is 17.4. The van der Waals surface area contributed by atoms with Crippen LogP contribution in [0.4, 0.5) is 0 Å². The third kappa shape index (κ3) is 4.61. The van der Waals surface area contributed by atoms with Gasteiger partial charge in [-0.1, -0.05) is 42.0 Å². The molecule has 0 radical (unpaired) electrons. The highest BCUT2D eigenvalue weighted by Crippen LogP contribution is 2.58. The number of piperidine rings is 1. The molecule has 2 N–H and O–H groups in total. The second-order valence-corrected chi connectivity index (χ2v) is 8.54. The standard InChI is InChI=1S/C22H28N2O3S/c1-4-14(2)8-5-6-9-19-16-12-17(16)21-20(10-7-11-24(19)21)28-13-18(22(26)27)23-15(3)25/h4-10,16-19H,11-13H2,1-3H3,(H,23,25)(H,26,27)/b8-5+,9-6+,14-4+/t16-,17+,18+,19+/m1/s1. The van der Waals surface area contributed by atoms with Crippen LogP contribution in [0.5, 0.6) is 0 Å². The Labute approximate surface area is 170 Å². The van der Waals surface area contributed by atoms with Crippen molar-refractivity contribution in [3.8, 4) is 0 Å². The van der Waals surface area contributed by atoms with Crippen LogP contribution in [0.25, 0.3) is 0 Å². The fourth-order valence-electron chi connectivity index (χ4n) is 3.86. The molecule has 3 rings (SSSR count). The first-order valence-corrected chi connectivity index (χ1v) is 10.7. The summed E-state index contributed by atoms with van der Waals surface area (Å²) < 4.78 is 0. The van der Waals surface area contributed by atoms with Crippen molar-refractivity contribution >= 4 is 23.6 Å². The van der Waals surface area contributed by atoms with Gasteiger partial charge in [0, 0.05) is 35.7 Å². The van der Waals surface area contributed by atoms with Crippen LogP contribution >= 0.6 is 11.8 Å². The smallest absolute Gasteiger partial charge is 0.327 e. The molecule has 1 amide bonds. The molecule has 2 fully saturated rings. The summed E-state index contributed by atoms with van der Waals surface area (Å²) in [4.78, 5) is 26.2. The zero-order chi connectivity index (χ0) is 20.3. The molecule has 1 saturated heterocycles. The Balaban J connectivity index is 1.69. The van der Waals surface area contributed by atoms with Crippen LogP contribution in [-0.4, -0.2) is 46.3 Å². The first-order chi connectivity index (χ1) is 13.4. The lowest BCUT2D eigenvalue weighted by Crippen LogP contribution is -2.41. The molecule has 2 aliphatic heterocycles. The van der Waals surface area contributed by atoms with E-state index in [1.807, 2.05) is 6.92 Å². The second kappa shape index (κ2) is 8.86. The highest BCUT2D eigenvalue weighted by Gasteiger charge is 2.55. The number of carboxylic acids is 1. The van der Waals surface area contributed by atoms with E-state index in [2.05, 4.69) is 59.7 Å². The van der Waals surface area contributed by atoms with Crippen LogP contribution in [0, 0.1) is 11.8 Å². The molecule has 6 heteroatoms. The molecule has 4 atom stereocenters. The molecule has 5 nitrogen and oxygen atoms in total. The SMILES string of the molecule is C/C=C(C)/C=C/C=C/[C@H]1[C@@H]2C[C@@H]2C2=C(SC[C@H](NC(C)=O)C(=O)O)C=CCN21. The van der Waals surface area contributed by atoms with Crippen LogP contribution in [0.3, 0.4) is 0 Å². The van der Waals surface area contributed by atoms with Crippen molar-refractivity contribution in [1.82, 2.24) is 10.2 Å². The predicted molar refractivity (Wildman–Crippen MR) is 114 cm³/mol. The van der Waals surface area contributed by atoms with Gasteiger partial charge in [-0.25, -0.2) is 4.79 Å². The van der Waals surface area contributed by atoms with Gasteiger partial charge in [-0.15, -0.1) is 11.8 Å². The third-order valence-electron chi connectivity index (χ3n) is 5.44. The van der Waals surface area contributed by atoms with Gasteiger partial charge in [0.1, 0.15) is 6.04 Å². The molecule has 0 unspecified atom stereocenters. The van der Waals surface area contributed by atoms with Crippen LogP contribution in [-0.2, 0) is 9.59 Å². The summed E-state index contributed by atoms with van der Waals surface area (Å²) in [5.41, 5.74) is 2.60. The highest BCUT2D eigenvalue weighted by molar-refractivity contribution is 8.03. The minimum atomic E-state index is -0.996. The van der Waals surface area contributed by atoms with Gasteiger partial charge in [0.2, 0.25) is 5.91 Å². The second-order valence-electron chi connectivity index (χ2n) is 7.48. The number of rotatable bonds is 8. The van der Waals surface area contributed by atoms with E-state index in [4.69, 9.17) is 0 Å². The lowest BCUT2D eigenvalue weighted by molar-refractivity contribution is -0.140. The lowest BCUT2D eigenvalue weighted by atomic mass is 10.1. The summed E-state index contributed by atoms with van der Waals surface area (Å²) in [7, 11) is 0. The molecule has 0 spiro atoms. The van der Waals surface area contributed by atoms with Crippen molar-refractivity contribution < 1.29 is 14.7 Å². The predicted octanol–water partition coefficient (Wildman–Crippen LogP) is 3.49. The maximum absolute atomic E-state index is 11.4. The van der Waals surface area contributed by atoms with Gasteiger partial charge >= 0.3 is 5.97 Å². The first kappa shape index (κ1) is 20.5. The molecule has 1 aliphatic carbocycles. The molecular weight excluding hydrogens is 372 g/mol. The number of aliphatic carboxylic acids is 1. The number of carbonyl (C=O) groups is 2. The van der Waals surface area contributed by atoms with E-state index >= 15 is 0 Å². The number of hydrogen-bond acceptors (Lipinski definition) is 4. The number of fused-ring (bicyclic) bond motifs is 3. The van der Waals surface area contributed by atoms with Crippen molar-refractivity contribution in [1.29, 1.82) is 0 Å². The van der Waals surface area contributed by atoms with Gasteiger partial charge < -0.3 is 15.3 Å². The quantitative estimate of drug-likeness (QED) is 0.611. The van der Waals surface area contributed by atoms with Crippen LogP contribution < -0.4 is 5.32 Å². The van der Waals surface area contributed by atoms with Gasteiger partial charge in [0.05, 0.1) is 6.04 Å². The summed E-state index contributed by atoms with van der Waals surface area (Å²) >= 11 is 1.53. The Kier molecular flexibility index (Phi) is 6.50. The molecule has 0 bridgehead atoms. The van der Waals surface area contributed by atoms with Gasteiger partial charge in [0.25, 0.3) is 0 Å². The molecule has 2 heterocycles. The summed E-state index contributed by atoms with van der Waals surface area (Å²) in [6.45, 7) is 6.36. The summed E-state index contributed by atoms with van der Waals surface area (Å²) in [5.74, 6) is 0.247. The Morgan fingerprint density at radius 3 is 2.86 bits per heavy atom. The number of thioether (sulfide) groups is 1. The molecule has 28 heavy (non-hydrogen) atoms. The Bertz CT molecular complexity index is 794. The molecule has 0 aromatic rings. The monoisotopic (exact) mass is 400 g/mol. The average molecular weight is 401 g/mol. The van der Waals surface area contributed by atoms with E-state index in [1.165, 1.54) is 36.4 Å². The van der Waals surface area contributed by atoms with E-state index < -0.39 is 12.0 Å². The third-order valence-corrected chi connectivity index (χ3v) is 6.59. The lowest BCUT2D eigenvalue weighted by Gasteiger charge is -2.32. The number of nitrogens with one attached hydrogen (secondary N) is 1. The highest BCUT2D eigenvalue weighted by atomic mass is 32.2. The summed E-state index contributed by atoms with van der Waals surface area (Å²) in [6, 6.07) is -0.465. The van der Waals surface area contributed by atoms with E-state index in [0.29, 0.717) is 23.6 Å². The number of carboxylic acid groups (broad SMARTS) is 1. The Morgan fingerprint density at radius 1 is 1.39 bits per heavy atom. The minimum Gasteiger partial charge on any atom is -0.480 e. The van der Waals surface area contributed by atoms with Gasteiger partial charge in [0.15, 0.2) is 0 Å². The minimum absolute atomic E-state index is 0.319. The van der Waals surface area contributed by atoms with Crippen molar-refractivity contribution in [2.75, 3.05) is 12.3 Å². The van der Waals surface area contributed by atoms with E-state index in [9.17, 15) is 14.7 Å². The summed E-state index contributed by atoms with van der Waals surface area (Å²) in [6.07, 6.45) is 16.2. The largest absolute Gasteiger partial charge is 0.480 e. The number of hydrogen-bond donors (Lipinski definition) is 2. The average Bonchev–Trinajstić information content (AvgIpc) is 3.38. The summed E-state index contributed by atoms with van der Waals surface area (Å²) in [5, 5.41) is 11.8. The molecular formula is C22H28N2O3S. The molecule has 3 aliphatic rings. The van der Waals surface area contributed by atoms with Gasteiger partial charge in [-0.05, 0) is 32.3 Å². The number of carbonyl (C=O) groups excluding carboxylic acids is 1. The van der Waals surface area contributed by atoms with Crippen molar-refractivity contribution in [2.24, 2.45) is 11.8 Å². The fourth-order valence-corrected chi connectivity index (χ4v) is 5.04. The normalized spacial score (nSPS) is 27.3. The van der Waals surface area contributed by atoms with Crippen LogP contribution in [0.1, 0.15) is 27.2 Å². The van der Waals surface area contributed by atoms with E-state index in [1.54, 1.807) is 0 Å². The molecule has 0 aromatic heterocycles. The Hall–Kier alpha value is -2.21. The first-order valence-electron chi connectivity index (χ1n) is 9.70. The van der Waals surface area contributed by atoms with Crippen molar-refractivity contribution in [3.63, 3.8) is 0 Å². The Morgan fingerprint density at radius 2 is 2.18 bits per heavy atom. The topological polar surface area (TPSA) is 69.6 Å². The van der Waals surface area contributed by atoms with Gasteiger partial charge in [-0.3, -0.25) is 4.79 Å². The zero-order valence-electron chi connectivity index (χ0n) is 16.6. The number of nitrogens with zero attached hydrogens (tertiary/aromatic N) is 1.